The van der Waals surface area contributed by atoms with E-state index in [4.69, 9.17) is 11.6 Å². The molecule has 142 valence electrons. The Morgan fingerprint density at radius 1 is 1.32 bits per heavy atom. The molecule has 1 aliphatic rings. The molecule has 1 saturated heterocycles. The molecule has 1 N–H and O–H groups in total. The van der Waals surface area contributed by atoms with Crippen LogP contribution in [0.25, 0.3) is 0 Å². The topological polar surface area (TPSA) is 69.7 Å². The first-order valence-corrected chi connectivity index (χ1v) is 9.98. The van der Waals surface area contributed by atoms with Crippen LogP contribution in [0.15, 0.2) is 16.3 Å². The fourth-order valence-corrected chi connectivity index (χ4v) is 5.45. The zero-order valence-electron chi connectivity index (χ0n) is 13.2. The summed E-state index contributed by atoms with van der Waals surface area (Å²) in [5.41, 5.74) is 0. The van der Waals surface area contributed by atoms with Gasteiger partial charge in [0.15, 0.2) is 0 Å². The minimum Gasteiger partial charge on any atom is -0.346 e. The van der Waals surface area contributed by atoms with Crippen LogP contribution in [0.2, 0.25) is 4.34 Å². The third-order valence-corrected chi connectivity index (χ3v) is 7.40. The number of carbonyl (C=O) groups is 1. The Labute approximate surface area is 152 Å². The van der Waals surface area contributed by atoms with Crippen molar-refractivity contribution in [1.82, 2.24) is 14.5 Å². The number of hydrogen-bond donors (Lipinski definition) is 1. The number of nitrogens with one attached hydrogen (secondary N) is 1. The average Bonchev–Trinajstić information content (AvgIpc) is 2.98. The van der Waals surface area contributed by atoms with E-state index in [1.54, 1.807) is 4.90 Å². The molecule has 1 aliphatic heterocycles. The lowest BCUT2D eigenvalue weighted by Gasteiger charge is -2.36. The van der Waals surface area contributed by atoms with Crippen molar-refractivity contribution in [3.63, 3.8) is 0 Å². The number of halogens is 4. The van der Waals surface area contributed by atoms with E-state index in [1.165, 1.54) is 23.4 Å². The Morgan fingerprint density at radius 3 is 2.40 bits per heavy atom. The molecule has 6 nitrogen and oxygen atoms in total. The molecule has 1 unspecified atom stereocenters. The molecule has 1 fully saturated rings. The third kappa shape index (κ3) is 5.30. The van der Waals surface area contributed by atoms with Gasteiger partial charge in [-0.3, -0.25) is 9.69 Å². The van der Waals surface area contributed by atoms with Crippen LogP contribution >= 0.6 is 22.9 Å². The van der Waals surface area contributed by atoms with Gasteiger partial charge in [0.1, 0.15) is 10.8 Å². The van der Waals surface area contributed by atoms with Crippen LogP contribution in [0.3, 0.4) is 0 Å². The molecule has 12 heteroatoms. The van der Waals surface area contributed by atoms with Crippen molar-refractivity contribution in [1.29, 1.82) is 0 Å². The van der Waals surface area contributed by atoms with E-state index in [-0.39, 0.29) is 30.4 Å². The first-order chi connectivity index (χ1) is 11.5. The summed E-state index contributed by atoms with van der Waals surface area (Å²) in [6.45, 7) is 0.903. The Balaban J connectivity index is 1.91. The lowest BCUT2D eigenvalue weighted by molar-refractivity contribution is -0.141. The van der Waals surface area contributed by atoms with E-state index in [9.17, 15) is 26.4 Å². The summed E-state index contributed by atoms with van der Waals surface area (Å²) >= 11 is 6.73. The number of thiophene rings is 1. The summed E-state index contributed by atoms with van der Waals surface area (Å²) in [5, 5.41) is 1.84. The number of amides is 1. The van der Waals surface area contributed by atoms with E-state index in [0.717, 1.165) is 11.3 Å². The second-order valence-corrected chi connectivity index (χ2v) is 9.39. The summed E-state index contributed by atoms with van der Waals surface area (Å²) in [5.74, 6) is -0.737. The van der Waals surface area contributed by atoms with Crippen molar-refractivity contribution >= 4 is 38.9 Å². The first-order valence-electron chi connectivity index (χ1n) is 7.35. The SMILES string of the molecule is CC(C(=O)NCC(F)(F)F)N1CCN(S(=O)(=O)c2ccc(Cl)s2)CC1. The lowest BCUT2D eigenvalue weighted by atomic mass is 10.2. The number of alkyl halides is 3. The highest BCUT2D eigenvalue weighted by Crippen LogP contribution is 2.28. The number of hydrogen-bond acceptors (Lipinski definition) is 5. The van der Waals surface area contributed by atoms with Crippen LogP contribution in [0, 0.1) is 0 Å². The van der Waals surface area contributed by atoms with E-state index < -0.39 is 34.7 Å². The van der Waals surface area contributed by atoms with Gasteiger partial charge in [-0.1, -0.05) is 11.6 Å². The van der Waals surface area contributed by atoms with Crippen molar-refractivity contribution < 1.29 is 26.4 Å². The van der Waals surface area contributed by atoms with Crippen LogP contribution in [0.5, 0.6) is 0 Å². The summed E-state index contributed by atoms with van der Waals surface area (Å²) < 4.78 is 63.2. The molecule has 1 aromatic heterocycles. The van der Waals surface area contributed by atoms with Gasteiger partial charge in [-0.05, 0) is 19.1 Å². The van der Waals surface area contributed by atoms with Gasteiger partial charge < -0.3 is 5.32 Å². The summed E-state index contributed by atoms with van der Waals surface area (Å²) in [6.07, 6.45) is -4.47. The molecule has 0 bridgehead atoms. The smallest absolute Gasteiger partial charge is 0.346 e. The zero-order valence-corrected chi connectivity index (χ0v) is 15.6. The molecule has 0 saturated carbocycles. The maximum absolute atomic E-state index is 12.5. The van der Waals surface area contributed by atoms with Crippen molar-refractivity contribution in [2.24, 2.45) is 0 Å². The van der Waals surface area contributed by atoms with Crippen molar-refractivity contribution in [2.45, 2.75) is 23.4 Å². The normalized spacial score (nSPS) is 18.9. The highest BCUT2D eigenvalue weighted by Gasteiger charge is 2.34. The Morgan fingerprint density at radius 2 is 1.92 bits per heavy atom. The van der Waals surface area contributed by atoms with Gasteiger partial charge in [0.2, 0.25) is 5.91 Å². The summed E-state index contributed by atoms with van der Waals surface area (Å²) in [7, 11) is -3.65. The van der Waals surface area contributed by atoms with E-state index in [0.29, 0.717) is 4.34 Å². The highest BCUT2D eigenvalue weighted by atomic mass is 35.5. The van der Waals surface area contributed by atoms with E-state index in [1.807, 2.05) is 5.32 Å². The molecular weight excluding hydrogens is 403 g/mol. The molecule has 0 aromatic carbocycles. The predicted octanol–water partition coefficient (Wildman–Crippen LogP) is 1.77. The van der Waals surface area contributed by atoms with E-state index >= 15 is 0 Å². The molecule has 0 radical (unpaired) electrons. The summed E-state index contributed by atoms with van der Waals surface area (Å²) in [4.78, 5) is 13.4. The molecule has 1 amide bonds. The van der Waals surface area contributed by atoms with Crippen LogP contribution in [-0.2, 0) is 14.8 Å². The monoisotopic (exact) mass is 419 g/mol. The Hall–Kier alpha value is -0.880. The van der Waals surface area contributed by atoms with Crippen LogP contribution in [0.4, 0.5) is 13.2 Å². The second-order valence-electron chi connectivity index (χ2n) is 5.51. The minimum absolute atomic E-state index is 0.141. The van der Waals surface area contributed by atoms with Crippen LogP contribution < -0.4 is 5.32 Å². The van der Waals surface area contributed by atoms with Crippen LogP contribution in [0.1, 0.15) is 6.92 Å². The first kappa shape index (κ1) is 20.4. The molecule has 1 atom stereocenters. The largest absolute Gasteiger partial charge is 0.405 e. The number of nitrogens with zero attached hydrogens (tertiary/aromatic N) is 2. The molecule has 2 rings (SSSR count). The Kier molecular flexibility index (Phi) is 6.36. The molecule has 0 aliphatic carbocycles. The minimum atomic E-state index is -4.47. The average molecular weight is 420 g/mol. The van der Waals surface area contributed by atoms with Gasteiger partial charge in [-0.2, -0.15) is 17.5 Å². The molecule has 2 heterocycles. The van der Waals surface area contributed by atoms with Crippen LogP contribution in [-0.4, -0.2) is 68.5 Å². The van der Waals surface area contributed by atoms with Gasteiger partial charge in [-0.15, -0.1) is 11.3 Å². The maximum atomic E-state index is 12.5. The second kappa shape index (κ2) is 7.78. The molecular formula is C13H17ClF3N3O3S2. The lowest BCUT2D eigenvalue weighted by Crippen LogP contribution is -2.55. The van der Waals surface area contributed by atoms with Gasteiger partial charge in [0.25, 0.3) is 10.0 Å². The molecule has 0 spiro atoms. The maximum Gasteiger partial charge on any atom is 0.405 e. The number of piperazine rings is 1. The van der Waals surface area contributed by atoms with Gasteiger partial charge >= 0.3 is 6.18 Å². The third-order valence-electron chi connectivity index (χ3n) is 3.81. The fraction of sp³-hybridized carbons (Fsp3) is 0.615. The predicted molar refractivity (Wildman–Crippen MR) is 88.2 cm³/mol. The van der Waals surface area contributed by atoms with Crippen molar-refractivity contribution in [3.05, 3.63) is 16.5 Å². The fourth-order valence-electron chi connectivity index (χ4n) is 2.40. The number of rotatable bonds is 5. The van der Waals surface area contributed by atoms with Crippen molar-refractivity contribution in [3.8, 4) is 0 Å². The number of sulfonamides is 1. The number of carbonyl (C=O) groups excluding carboxylic acids is 1. The van der Waals surface area contributed by atoms with Gasteiger partial charge in [0, 0.05) is 26.2 Å². The zero-order chi connectivity index (χ0) is 18.8. The molecule has 25 heavy (non-hydrogen) atoms. The Bertz CT molecular complexity index is 716. The standard InChI is InChI=1S/C13H17ClF3N3O3S2/c1-9(12(21)18-8-13(15,16)17)19-4-6-20(7-5-19)25(22,23)11-3-2-10(14)24-11/h2-3,9H,4-8H2,1H3,(H,18,21). The van der Waals surface area contributed by atoms with Crippen molar-refractivity contribution in [2.75, 3.05) is 32.7 Å². The molecule has 1 aromatic rings. The van der Waals surface area contributed by atoms with Gasteiger partial charge in [-0.25, -0.2) is 8.42 Å². The summed E-state index contributed by atoms with van der Waals surface area (Å²) in [6, 6.07) is 2.16. The highest BCUT2D eigenvalue weighted by molar-refractivity contribution is 7.91. The van der Waals surface area contributed by atoms with Gasteiger partial charge in [0.05, 0.1) is 10.4 Å². The quantitative estimate of drug-likeness (QED) is 0.789. The van der Waals surface area contributed by atoms with E-state index in [2.05, 4.69) is 0 Å².